The SMILES string of the molecule is CC(C)n1cnc2cc(-c3ccc4c(c3)N([C@H]3C[C@@H](N5CCCCC5)C3)C(=O)C43CCN(C(=O)C4(C#N)CCN(C(=O)C5CCN(c6ccc(C7CCC(=O)NC7=O)cc6)CC5)CC4)CC3)nc(NC3CC3)c21. The van der Waals surface area contributed by atoms with Gasteiger partial charge in [0.15, 0.2) is 5.82 Å². The van der Waals surface area contributed by atoms with Gasteiger partial charge in [-0.2, -0.15) is 5.26 Å². The van der Waals surface area contributed by atoms with E-state index in [1.54, 1.807) is 0 Å². The van der Waals surface area contributed by atoms with Crippen LogP contribution in [0, 0.1) is 22.7 Å². The first-order valence-corrected chi connectivity index (χ1v) is 27.5. The quantitative estimate of drug-likeness (QED) is 0.156. The van der Waals surface area contributed by atoms with Crippen molar-refractivity contribution in [3.05, 3.63) is 66.0 Å². The molecule has 73 heavy (non-hydrogen) atoms. The van der Waals surface area contributed by atoms with Gasteiger partial charge in [0.25, 0.3) is 0 Å². The summed E-state index contributed by atoms with van der Waals surface area (Å²) in [6, 6.07) is 20.2. The molecule has 2 aromatic carbocycles. The van der Waals surface area contributed by atoms with Crippen LogP contribution in [0.3, 0.4) is 0 Å². The zero-order chi connectivity index (χ0) is 50.2. The summed E-state index contributed by atoms with van der Waals surface area (Å²) in [5.74, 6) is -0.00451. The molecule has 1 spiro atoms. The van der Waals surface area contributed by atoms with Crippen molar-refractivity contribution in [2.24, 2.45) is 11.3 Å². The molecule has 382 valence electrons. The molecule has 5 saturated heterocycles. The fourth-order valence-electron chi connectivity index (χ4n) is 13.5. The largest absolute Gasteiger partial charge is 0.371 e. The first-order chi connectivity index (χ1) is 35.4. The summed E-state index contributed by atoms with van der Waals surface area (Å²) >= 11 is 0. The van der Waals surface area contributed by atoms with Crippen LogP contribution in [-0.2, 0) is 29.4 Å². The number of hydrogen-bond donors (Lipinski definition) is 2. The van der Waals surface area contributed by atoms with Gasteiger partial charge >= 0.3 is 0 Å². The van der Waals surface area contributed by atoms with Crippen molar-refractivity contribution in [2.45, 2.75) is 146 Å². The highest BCUT2D eigenvalue weighted by Crippen LogP contribution is 2.53. The molecular formula is C57H69N11O5. The van der Waals surface area contributed by atoms with E-state index >= 15 is 4.79 Å². The van der Waals surface area contributed by atoms with Gasteiger partial charge in [-0.3, -0.25) is 29.3 Å². The number of hydrogen-bond acceptors (Lipinski definition) is 11. The number of nitriles is 1. The number of likely N-dealkylation sites (tertiary alicyclic amines) is 3. The Kier molecular flexibility index (Phi) is 12.3. The molecule has 1 atom stereocenters. The lowest BCUT2D eigenvalue weighted by Crippen LogP contribution is -2.59. The van der Waals surface area contributed by atoms with Gasteiger partial charge in [-0.25, -0.2) is 9.97 Å². The lowest BCUT2D eigenvalue weighted by atomic mass is 9.72. The van der Waals surface area contributed by atoms with Crippen LogP contribution in [0.2, 0.25) is 0 Å². The second kappa shape index (κ2) is 18.9. The number of carbonyl (C=O) groups excluding carboxylic acids is 5. The molecule has 5 amide bonds. The predicted molar refractivity (Wildman–Crippen MR) is 278 cm³/mol. The third kappa shape index (κ3) is 8.53. The summed E-state index contributed by atoms with van der Waals surface area (Å²) in [6.45, 7) is 9.53. The highest BCUT2D eigenvalue weighted by Gasteiger charge is 2.57. The summed E-state index contributed by atoms with van der Waals surface area (Å²) in [5.41, 5.74) is 5.65. The number of pyridine rings is 1. The molecule has 8 aliphatic rings. The van der Waals surface area contributed by atoms with Gasteiger partial charge in [0.1, 0.15) is 10.9 Å². The van der Waals surface area contributed by atoms with E-state index in [1.165, 1.54) is 19.3 Å². The molecule has 6 aliphatic heterocycles. The molecule has 2 N–H and O–H groups in total. The number of imidazole rings is 1. The molecule has 8 heterocycles. The third-order valence-corrected chi connectivity index (χ3v) is 18.3. The van der Waals surface area contributed by atoms with Crippen LogP contribution >= 0.6 is 0 Å². The average molecular weight is 988 g/mol. The molecule has 1 unspecified atom stereocenters. The molecule has 4 aromatic rings. The van der Waals surface area contributed by atoms with Crippen molar-refractivity contribution in [1.29, 1.82) is 5.26 Å². The first kappa shape index (κ1) is 47.7. The van der Waals surface area contributed by atoms with Crippen molar-refractivity contribution in [3.8, 4) is 17.3 Å². The Labute approximate surface area is 427 Å². The van der Waals surface area contributed by atoms with Crippen LogP contribution in [0.25, 0.3) is 22.3 Å². The molecule has 2 aliphatic carbocycles. The highest BCUT2D eigenvalue weighted by molar-refractivity contribution is 6.10. The number of rotatable bonds is 10. The minimum Gasteiger partial charge on any atom is -0.371 e. The number of aromatic nitrogens is 3. The normalized spacial score (nSPS) is 25.5. The standard InChI is InChI=1S/C57H69N11O5/c1-36(2)67-35-59-47-33-46(61-51(50(47)67)60-40-9-10-40)39-8-14-45-48(30-39)68(43-31-42(32-43)63-22-4-3-5-23-63)55(73)57(45)20-28-66(29-21-57)54(72)56(34-58)18-26-65(27-19-56)53(71)38-16-24-64(25-17-38)41-11-6-37(7-12-41)44-13-15-49(69)62-52(44)70/h6-8,11-12,14,30,33,35-36,38,40,42-44H,3-5,9-10,13,15-29,31-32H2,1-2H3,(H,60,61)(H,62,69,70)/t42-,43+,44?. The van der Waals surface area contributed by atoms with Gasteiger partial charge in [-0.1, -0.05) is 30.7 Å². The summed E-state index contributed by atoms with van der Waals surface area (Å²) in [6.07, 6.45) is 13.7. The van der Waals surface area contributed by atoms with Crippen molar-refractivity contribution < 1.29 is 24.0 Å². The topological polar surface area (TPSA) is 180 Å². The third-order valence-electron chi connectivity index (χ3n) is 18.3. The Morgan fingerprint density at radius 2 is 1.52 bits per heavy atom. The molecule has 0 radical (unpaired) electrons. The maximum Gasteiger partial charge on any atom is 0.243 e. The van der Waals surface area contributed by atoms with Gasteiger partial charge in [-0.05, 0) is 146 Å². The zero-order valence-corrected chi connectivity index (χ0v) is 42.5. The Hall–Kier alpha value is -6.34. The number of fused-ring (bicyclic) bond motifs is 3. The van der Waals surface area contributed by atoms with E-state index in [1.807, 2.05) is 40.4 Å². The van der Waals surface area contributed by atoms with E-state index in [9.17, 15) is 24.4 Å². The van der Waals surface area contributed by atoms with Crippen molar-refractivity contribution in [2.75, 3.05) is 67.5 Å². The van der Waals surface area contributed by atoms with Crippen LogP contribution in [0.1, 0.15) is 133 Å². The van der Waals surface area contributed by atoms with Crippen LogP contribution in [0.4, 0.5) is 17.2 Å². The number of carbonyl (C=O) groups is 5. The number of piperidine rings is 5. The Bertz CT molecular complexity index is 2870. The van der Waals surface area contributed by atoms with Gasteiger partial charge in [0.2, 0.25) is 29.5 Å². The number of anilines is 3. The van der Waals surface area contributed by atoms with Crippen LogP contribution in [0.5, 0.6) is 0 Å². The van der Waals surface area contributed by atoms with Gasteiger partial charge in [0, 0.05) is 92.7 Å². The Balaban J connectivity index is 0.715. The smallest absolute Gasteiger partial charge is 0.243 e. The van der Waals surface area contributed by atoms with E-state index in [4.69, 9.17) is 9.97 Å². The molecule has 2 saturated carbocycles. The summed E-state index contributed by atoms with van der Waals surface area (Å²) in [4.78, 5) is 88.7. The summed E-state index contributed by atoms with van der Waals surface area (Å²) in [7, 11) is 0. The monoisotopic (exact) mass is 988 g/mol. The zero-order valence-electron chi connectivity index (χ0n) is 42.5. The average Bonchev–Trinajstić information content (AvgIpc) is 4.07. The Morgan fingerprint density at radius 1 is 0.808 bits per heavy atom. The molecule has 16 nitrogen and oxygen atoms in total. The first-order valence-electron chi connectivity index (χ1n) is 27.5. The maximum atomic E-state index is 15.3. The van der Waals surface area contributed by atoms with Crippen molar-refractivity contribution >= 4 is 57.8 Å². The van der Waals surface area contributed by atoms with E-state index in [2.05, 4.69) is 74.1 Å². The molecule has 2 aromatic heterocycles. The van der Waals surface area contributed by atoms with Crippen LogP contribution < -0.4 is 20.4 Å². The fraction of sp³-hybridized carbons (Fsp3) is 0.579. The van der Waals surface area contributed by atoms with E-state index in [0.29, 0.717) is 89.6 Å². The lowest BCUT2D eigenvalue weighted by molar-refractivity contribution is -0.148. The predicted octanol–water partition coefficient (Wildman–Crippen LogP) is 7.05. The summed E-state index contributed by atoms with van der Waals surface area (Å²) in [5, 5.41) is 16.9. The molecule has 0 bridgehead atoms. The van der Waals surface area contributed by atoms with Gasteiger partial charge in [-0.15, -0.1) is 0 Å². The van der Waals surface area contributed by atoms with Gasteiger partial charge < -0.3 is 34.4 Å². The lowest BCUT2D eigenvalue weighted by Gasteiger charge is -2.48. The maximum absolute atomic E-state index is 15.3. The minimum absolute atomic E-state index is 0.0974. The molecule has 12 rings (SSSR count). The highest BCUT2D eigenvalue weighted by atomic mass is 16.2. The number of nitrogens with zero attached hydrogens (tertiary/aromatic N) is 9. The van der Waals surface area contributed by atoms with Crippen molar-refractivity contribution in [3.63, 3.8) is 0 Å². The van der Waals surface area contributed by atoms with E-state index in [-0.39, 0.29) is 53.5 Å². The second-order valence-electron chi connectivity index (χ2n) is 22.9. The van der Waals surface area contributed by atoms with E-state index in [0.717, 1.165) is 102 Å². The minimum atomic E-state index is -1.22. The molecule has 7 fully saturated rings. The Morgan fingerprint density at radius 3 is 2.19 bits per heavy atom. The number of nitrogens with one attached hydrogen (secondary N) is 2. The van der Waals surface area contributed by atoms with Crippen LogP contribution in [0.15, 0.2) is 54.9 Å². The second-order valence-corrected chi connectivity index (χ2v) is 22.9. The van der Waals surface area contributed by atoms with Crippen molar-refractivity contribution in [1.82, 2.24) is 34.6 Å². The molecular weight excluding hydrogens is 919 g/mol. The van der Waals surface area contributed by atoms with Crippen LogP contribution in [-0.4, -0.2) is 129 Å². The number of benzene rings is 2. The van der Waals surface area contributed by atoms with E-state index < -0.39 is 10.8 Å². The summed E-state index contributed by atoms with van der Waals surface area (Å²) < 4.78 is 2.18. The fourth-order valence-corrected chi connectivity index (χ4v) is 13.5. The number of amides is 5. The van der Waals surface area contributed by atoms with Gasteiger partial charge in [0.05, 0.1) is 34.9 Å². The number of imide groups is 1. The molecule has 16 heteroatoms.